The Bertz CT molecular complexity index is 844. The molecule has 2 heterocycles. The number of carbonyl (C=O) groups excluding carboxylic acids is 1. The third-order valence-electron chi connectivity index (χ3n) is 3.47. The van der Waals surface area contributed by atoms with Gasteiger partial charge < -0.3 is 9.84 Å². The minimum Gasteiger partial charge on any atom is -0.360 e. The molecule has 2 N–H and O–H groups in total. The third-order valence-corrected chi connectivity index (χ3v) is 4.59. The number of carbonyl (C=O) groups is 1. The second-order valence-corrected chi connectivity index (χ2v) is 6.95. The van der Waals surface area contributed by atoms with E-state index in [9.17, 15) is 4.79 Å². The van der Waals surface area contributed by atoms with Gasteiger partial charge in [0.25, 0.3) is 0 Å². The van der Waals surface area contributed by atoms with Crippen LogP contribution in [0.2, 0.25) is 0 Å². The molecule has 0 saturated carbocycles. The summed E-state index contributed by atoms with van der Waals surface area (Å²) < 4.78 is 5.00. The molecule has 0 bridgehead atoms. The molecule has 0 spiro atoms. The van der Waals surface area contributed by atoms with Crippen LogP contribution in [0, 0.1) is 6.92 Å². The highest BCUT2D eigenvalue weighted by molar-refractivity contribution is 8.00. The lowest BCUT2D eigenvalue weighted by atomic mass is 10.1. The van der Waals surface area contributed by atoms with E-state index in [1.54, 1.807) is 13.0 Å². The first-order valence-corrected chi connectivity index (χ1v) is 8.79. The van der Waals surface area contributed by atoms with E-state index in [1.807, 2.05) is 44.2 Å². The second-order valence-electron chi connectivity index (χ2n) is 5.88. The van der Waals surface area contributed by atoms with Crippen LogP contribution in [0.3, 0.4) is 0 Å². The van der Waals surface area contributed by atoms with Crippen molar-refractivity contribution in [1.82, 2.24) is 20.3 Å². The summed E-state index contributed by atoms with van der Waals surface area (Å²) in [6, 6.07) is 11.2. The van der Waals surface area contributed by atoms with Crippen LogP contribution >= 0.6 is 11.8 Å². The summed E-state index contributed by atoms with van der Waals surface area (Å²) in [5.74, 6) is 1.85. The third kappa shape index (κ3) is 4.27. The molecule has 0 aliphatic rings. The van der Waals surface area contributed by atoms with Gasteiger partial charge in [-0.05, 0) is 12.5 Å². The number of aryl methyl sites for hydroxylation is 1. The lowest BCUT2D eigenvalue weighted by Crippen LogP contribution is -2.19. The lowest BCUT2D eigenvalue weighted by molar-refractivity contribution is -0.115. The molecular weight excluding hydrogens is 338 g/mol. The molecule has 7 nitrogen and oxygen atoms in total. The largest absolute Gasteiger partial charge is 0.360 e. The van der Waals surface area contributed by atoms with Crippen LogP contribution in [0.4, 0.5) is 5.82 Å². The summed E-state index contributed by atoms with van der Waals surface area (Å²) in [7, 11) is 0. The normalized spacial score (nSPS) is 12.3. The fourth-order valence-corrected chi connectivity index (χ4v) is 3.11. The topological polar surface area (TPSA) is 96.7 Å². The Balaban J connectivity index is 1.83. The number of aromatic amines is 1. The Morgan fingerprint density at radius 3 is 2.64 bits per heavy atom. The SMILES string of the molecule is Cc1cc(NC(=O)C(Sc2n[nH]c(C(C)C)n2)c2ccccc2)no1. The number of rotatable bonds is 6. The molecule has 2 aromatic heterocycles. The smallest absolute Gasteiger partial charge is 0.243 e. The summed E-state index contributed by atoms with van der Waals surface area (Å²) in [5, 5.41) is 13.7. The maximum atomic E-state index is 12.8. The minimum absolute atomic E-state index is 0.208. The van der Waals surface area contributed by atoms with Gasteiger partial charge in [0.2, 0.25) is 11.1 Å². The van der Waals surface area contributed by atoms with Gasteiger partial charge in [-0.25, -0.2) is 4.98 Å². The van der Waals surface area contributed by atoms with E-state index in [0.717, 1.165) is 11.4 Å². The van der Waals surface area contributed by atoms with E-state index in [0.29, 0.717) is 16.7 Å². The summed E-state index contributed by atoms with van der Waals surface area (Å²) >= 11 is 1.29. The molecule has 0 aliphatic heterocycles. The first-order valence-electron chi connectivity index (χ1n) is 7.91. The summed E-state index contributed by atoms with van der Waals surface area (Å²) in [6.45, 7) is 5.83. The number of aromatic nitrogens is 4. The molecule has 0 saturated heterocycles. The van der Waals surface area contributed by atoms with Crippen molar-refractivity contribution < 1.29 is 9.32 Å². The molecular formula is C17H19N5O2S. The number of hydrogen-bond acceptors (Lipinski definition) is 6. The molecule has 1 atom stereocenters. The Morgan fingerprint density at radius 2 is 2.04 bits per heavy atom. The zero-order valence-corrected chi connectivity index (χ0v) is 15.0. The fraction of sp³-hybridized carbons (Fsp3) is 0.294. The van der Waals surface area contributed by atoms with Crippen molar-refractivity contribution in [3.8, 4) is 0 Å². The molecule has 3 aromatic rings. The zero-order valence-electron chi connectivity index (χ0n) is 14.2. The van der Waals surface area contributed by atoms with Gasteiger partial charge in [0.05, 0.1) is 0 Å². The predicted octanol–water partition coefficient (Wildman–Crippen LogP) is 3.70. The Morgan fingerprint density at radius 1 is 1.28 bits per heavy atom. The van der Waals surface area contributed by atoms with Crippen molar-refractivity contribution in [2.24, 2.45) is 0 Å². The molecule has 1 unspecified atom stereocenters. The number of nitrogens with one attached hydrogen (secondary N) is 2. The lowest BCUT2D eigenvalue weighted by Gasteiger charge is -2.14. The molecule has 25 heavy (non-hydrogen) atoms. The fourth-order valence-electron chi connectivity index (χ4n) is 2.19. The van der Waals surface area contributed by atoms with Gasteiger partial charge in [0.15, 0.2) is 5.82 Å². The van der Waals surface area contributed by atoms with Gasteiger partial charge in [0, 0.05) is 12.0 Å². The minimum atomic E-state index is -0.506. The quantitative estimate of drug-likeness (QED) is 0.653. The Labute approximate surface area is 149 Å². The summed E-state index contributed by atoms with van der Waals surface area (Å²) in [4.78, 5) is 17.2. The van der Waals surface area contributed by atoms with Crippen molar-refractivity contribution in [3.63, 3.8) is 0 Å². The van der Waals surface area contributed by atoms with Gasteiger partial charge in [-0.1, -0.05) is 61.1 Å². The molecule has 0 fully saturated rings. The van der Waals surface area contributed by atoms with Gasteiger partial charge in [0.1, 0.15) is 16.8 Å². The zero-order chi connectivity index (χ0) is 17.8. The first kappa shape index (κ1) is 17.2. The molecule has 3 rings (SSSR count). The molecule has 1 amide bonds. The second kappa shape index (κ2) is 7.52. The number of thioether (sulfide) groups is 1. The maximum Gasteiger partial charge on any atom is 0.243 e. The number of benzene rings is 1. The molecule has 0 radical (unpaired) electrons. The molecule has 1 aromatic carbocycles. The van der Waals surface area contributed by atoms with Crippen LogP contribution in [0.5, 0.6) is 0 Å². The van der Waals surface area contributed by atoms with Crippen molar-refractivity contribution in [3.05, 3.63) is 53.5 Å². The molecule has 0 aliphatic carbocycles. The highest BCUT2D eigenvalue weighted by atomic mass is 32.2. The van der Waals surface area contributed by atoms with E-state index >= 15 is 0 Å². The first-order chi connectivity index (χ1) is 12.0. The van der Waals surface area contributed by atoms with Gasteiger partial charge in [-0.3, -0.25) is 9.89 Å². The maximum absolute atomic E-state index is 12.8. The molecule has 8 heteroatoms. The van der Waals surface area contributed by atoms with E-state index in [1.165, 1.54) is 11.8 Å². The van der Waals surface area contributed by atoms with Crippen molar-refractivity contribution >= 4 is 23.5 Å². The number of amides is 1. The number of anilines is 1. The Hall–Kier alpha value is -2.61. The molecule has 130 valence electrons. The van der Waals surface area contributed by atoms with Gasteiger partial charge in [-0.2, -0.15) is 0 Å². The number of H-pyrrole nitrogens is 1. The monoisotopic (exact) mass is 357 g/mol. The standard InChI is InChI=1S/C17H19N5O2S/c1-10(2)15-19-17(21-20-15)25-14(12-7-5-4-6-8-12)16(23)18-13-9-11(3)24-22-13/h4-10,14H,1-3H3,(H,18,22,23)(H,19,20,21). The van der Waals surface area contributed by atoms with Crippen LogP contribution in [-0.2, 0) is 4.79 Å². The predicted molar refractivity (Wildman–Crippen MR) is 95.4 cm³/mol. The average Bonchev–Trinajstić information content (AvgIpc) is 3.22. The highest BCUT2D eigenvalue weighted by Crippen LogP contribution is 2.34. The van der Waals surface area contributed by atoms with Gasteiger partial charge >= 0.3 is 0 Å². The van der Waals surface area contributed by atoms with E-state index in [4.69, 9.17) is 4.52 Å². The highest BCUT2D eigenvalue weighted by Gasteiger charge is 2.25. The van der Waals surface area contributed by atoms with Crippen molar-refractivity contribution in [2.45, 2.75) is 37.1 Å². The number of hydrogen-bond donors (Lipinski definition) is 2. The number of nitrogens with zero attached hydrogens (tertiary/aromatic N) is 3. The van der Waals surface area contributed by atoms with Crippen molar-refractivity contribution in [2.75, 3.05) is 5.32 Å². The van der Waals surface area contributed by atoms with Crippen LogP contribution in [0.15, 0.2) is 46.1 Å². The van der Waals surface area contributed by atoms with Crippen molar-refractivity contribution in [1.29, 1.82) is 0 Å². The van der Waals surface area contributed by atoms with Crippen LogP contribution in [0.25, 0.3) is 0 Å². The summed E-state index contributed by atoms with van der Waals surface area (Å²) in [5.41, 5.74) is 0.862. The average molecular weight is 357 g/mol. The Kier molecular flexibility index (Phi) is 5.18. The van der Waals surface area contributed by atoms with Crippen LogP contribution in [0.1, 0.15) is 42.2 Å². The van der Waals surface area contributed by atoms with Crippen LogP contribution < -0.4 is 5.32 Å². The van der Waals surface area contributed by atoms with Crippen LogP contribution in [-0.4, -0.2) is 26.2 Å². The van der Waals surface area contributed by atoms with E-state index < -0.39 is 5.25 Å². The van der Waals surface area contributed by atoms with E-state index in [-0.39, 0.29) is 11.8 Å². The van der Waals surface area contributed by atoms with Gasteiger partial charge in [-0.15, -0.1) is 5.10 Å². The van der Waals surface area contributed by atoms with E-state index in [2.05, 4.69) is 25.7 Å². The summed E-state index contributed by atoms with van der Waals surface area (Å²) in [6.07, 6.45) is 0.